The molecule has 1 saturated heterocycles. The summed E-state index contributed by atoms with van der Waals surface area (Å²) in [5.74, 6) is 3.23. The predicted octanol–water partition coefficient (Wildman–Crippen LogP) is 3.22. The summed E-state index contributed by atoms with van der Waals surface area (Å²) in [4.78, 5) is 2.35. The minimum Gasteiger partial charge on any atom is -0.316 e. The van der Waals surface area contributed by atoms with Crippen LogP contribution in [0, 0.1) is 12.3 Å². The zero-order valence-corrected chi connectivity index (χ0v) is 11.9. The molecule has 2 unspecified atom stereocenters. The molecule has 1 aromatic rings. The third-order valence-corrected chi connectivity index (χ3v) is 4.12. The minimum atomic E-state index is 0.146. The molecule has 0 saturated carbocycles. The average Bonchev–Trinajstić information content (AvgIpc) is 2.42. The van der Waals surface area contributed by atoms with Crippen LogP contribution in [0.1, 0.15) is 37.2 Å². The monoisotopic (exact) mass is 276 g/mol. The van der Waals surface area contributed by atoms with Crippen molar-refractivity contribution in [3.8, 4) is 12.3 Å². The second kappa shape index (κ2) is 6.96. The zero-order chi connectivity index (χ0) is 13.7. The fourth-order valence-electron chi connectivity index (χ4n) is 2.75. The minimum absolute atomic E-state index is 0.146. The summed E-state index contributed by atoms with van der Waals surface area (Å²) in [6, 6.07) is 8.16. The maximum absolute atomic E-state index is 6.27. The molecule has 0 bridgehead atoms. The molecule has 0 amide bonds. The first-order chi connectivity index (χ1) is 9.20. The molecule has 102 valence electrons. The number of unbranched alkanes of at least 4 members (excludes halogenated alkanes) is 1. The van der Waals surface area contributed by atoms with E-state index in [2.05, 4.69) is 23.0 Å². The summed E-state index contributed by atoms with van der Waals surface area (Å²) < 4.78 is 0. The van der Waals surface area contributed by atoms with Gasteiger partial charge < -0.3 is 5.73 Å². The highest BCUT2D eigenvalue weighted by atomic mass is 35.5. The van der Waals surface area contributed by atoms with Gasteiger partial charge in [0.15, 0.2) is 0 Å². The molecule has 1 aliphatic heterocycles. The molecule has 0 aromatic heterocycles. The lowest BCUT2D eigenvalue weighted by molar-refractivity contribution is 0.137. The maximum Gasteiger partial charge on any atom is 0.0577 e. The lowest BCUT2D eigenvalue weighted by Crippen LogP contribution is -2.47. The van der Waals surface area contributed by atoms with Crippen LogP contribution in [0.25, 0.3) is 0 Å². The van der Waals surface area contributed by atoms with Crippen LogP contribution >= 0.6 is 11.6 Å². The Hall–Kier alpha value is -1.01. The normalized spacial score (nSPS) is 24.1. The topological polar surface area (TPSA) is 29.3 Å². The second-order valence-electron chi connectivity index (χ2n) is 5.18. The van der Waals surface area contributed by atoms with Gasteiger partial charge in [-0.25, -0.2) is 0 Å². The first-order valence-electron chi connectivity index (χ1n) is 6.89. The number of hydrogen-bond donors (Lipinski definition) is 1. The molecule has 1 heterocycles. The Balaban J connectivity index is 1.89. The molecular formula is C16H21ClN2. The molecule has 3 heteroatoms. The van der Waals surface area contributed by atoms with Gasteiger partial charge in [0.25, 0.3) is 0 Å². The number of terminal acetylenes is 1. The number of rotatable bonds is 4. The van der Waals surface area contributed by atoms with E-state index in [1.807, 2.05) is 12.1 Å². The molecule has 2 atom stereocenters. The van der Waals surface area contributed by atoms with Gasteiger partial charge in [0.05, 0.1) is 6.17 Å². The van der Waals surface area contributed by atoms with Gasteiger partial charge in [-0.15, -0.1) is 12.3 Å². The summed E-state index contributed by atoms with van der Waals surface area (Å²) in [5, 5.41) is 0.791. The van der Waals surface area contributed by atoms with Crippen molar-refractivity contribution >= 4 is 11.6 Å². The van der Waals surface area contributed by atoms with Gasteiger partial charge >= 0.3 is 0 Å². The fraction of sp³-hybridized carbons (Fsp3) is 0.500. The van der Waals surface area contributed by atoms with Crippen molar-refractivity contribution < 1.29 is 0 Å². The molecule has 2 nitrogen and oxygen atoms in total. The standard InChI is InChI=1S/C16H21ClN2/c1-2-3-4-10-19-11-9-14(12-16(19)18)13-5-7-15(17)8-6-13/h1,5-8,14,16H,3-4,9-12,18H2. The number of nitrogens with two attached hydrogens (primary N) is 1. The number of hydrogen-bond acceptors (Lipinski definition) is 2. The van der Waals surface area contributed by atoms with E-state index in [1.54, 1.807) is 0 Å². The van der Waals surface area contributed by atoms with Crippen LogP contribution in [-0.4, -0.2) is 24.2 Å². The van der Waals surface area contributed by atoms with E-state index < -0.39 is 0 Å². The van der Waals surface area contributed by atoms with Gasteiger partial charge in [0.2, 0.25) is 0 Å². The highest BCUT2D eigenvalue weighted by molar-refractivity contribution is 6.30. The van der Waals surface area contributed by atoms with E-state index in [1.165, 1.54) is 5.56 Å². The lowest BCUT2D eigenvalue weighted by atomic mass is 9.88. The maximum atomic E-state index is 6.27. The molecule has 1 fully saturated rings. The summed E-state index contributed by atoms with van der Waals surface area (Å²) in [6.45, 7) is 2.07. The number of benzene rings is 1. The van der Waals surface area contributed by atoms with Crippen molar-refractivity contribution in [3.05, 3.63) is 34.9 Å². The Kier molecular flexibility index (Phi) is 5.27. The Morgan fingerprint density at radius 1 is 1.37 bits per heavy atom. The van der Waals surface area contributed by atoms with E-state index in [9.17, 15) is 0 Å². The van der Waals surface area contributed by atoms with Gasteiger partial charge in [-0.1, -0.05) is 23.7 Å². The second-order valence-corrected chi connectivity index (χ2v) is 5.62. The van der Waals surface area contributed by atoms with Crippen LogP contribution in [0.3, 0.4) is 0 Å². The van der Waals surface area contributed by atoms with Gasteiger partial charge in [-0.05, 0) is 42.9 Å². The summed E-state index contributed by atoms with van der Waals surface area (Å²) in [7, 11) is 0. The van der Waals surface area contributed by atoms with Crippen molar-refractivity contribution in [3.63, 3.8) is 0 Å². The Morgan fingerprint density at radius 2 is 2.11 bits per heavy atom. The third-order valence-electron chi connectivity index (χ3n) is 3.87. The Bertz CT molecular complexity index is 435. The van der Waals surface area contributed by atoms with Crippen LogP contribution in [0.15, 0.2) is 24.3 Å². The quantitative estimate of drug-likeness (QED) is 0.676. The van der Waals surface area contributed by atoms with Crippen LogP contribution in [0.2, 0.25) is 5.02 Å². The van der Waals surface area contributed by atoms with E-state index in [-0.39, 0.29) is 6.17 Å². The van der Waals surface area contributed by atoms with Crippen molar-refractivity contribution in [2.45, 2.75) is 37.8 Å². The number of halogens is 1. The first kappa shape index (κ1) is 14.4. The van der Waals surface area contributed by atoms with E-state index in [0.29, 0.717) is 5.92 Å². The van der Waals surface area contributed by atoms with Crippen LogP contribution < -0.4 is 5.73 Å². The molecular weight excluding hydrogens is 256 g/mol. The molecule has 2 N–H and O–H groups in total. The van der Waals surface area contributed by atoms with Crippen molar-refractivity contribution in [1.82, 2.24) is 4.90 Å². The molecule has 2 rings (SSSR count). The summed E-state index contributed by atoms with van der Waals surface area (Å²) in [6.07, 6.45) is 9.47. The molecule has 0 spiro atoms. The average molecular weight is 277 g/mol. The molecule has 1 aliphatic rings. The summed E-state index contributed by atoms with van der Waals surface area (Å²) >= 11 is 5.92. The van der Waals surface area contributed by atoms with E-state index in [4.69, 9.17) is 23.8 Å². The number of nitrogens with zero attached hydrogens (tertiary/aromatic N) is 1. The SMILES string of the molecule is C#CCCCN1CCC(c2ccc(Cl)cc2)CC1N. The molecule has 1 aromatic carbocycles. The zero-order valence-electron chi connectivity index (χ0n) is 11.2. The Morgan fingerprint density at radius 3 is 2.74 bits per heavy atom. The molecule has 0 radical (unpaired) electrons. The van der Waals surface area contributed by atoms with Gasteiger partial charge in [0, 0.05) is 24.5 Å². The van der Waals surface area contributed by atoms with Gasteiger partial charge in [0.1, 0.15) is 0 Å². The fourth-order valence-corrected chi connectivity index (χ4v) is 2.87. The number of likely N-dealkylation sites (tertiary alicyclic amines) is 1. The van der Waals surface area contributed by atoms with E-state index >= 15 is 0 Å². The third kappa shape index (κ3) is 3.98. The van der Waals surface area contributed by atoms with Crippen LogP contribution in [0.4, 0.5) is 0 Å². The first-order valence-corrected chi connectivity index (χ1v) is 7.27. The number of piperidine rings is 1. The largest absolute Gasteiger partial charge is 0.316 e. The van der Waals surface area contributed by atoms with Gasteiger partial charge in [-0.3, -0.25) is 4.90 Å². The summed E-state index contributed by atoms with van der Waals surface area (Å²) in [5.41, 5.74) is 7.62. The van der Waals surface area contributed by atoms with Gasteiger partial charge in [-0.2, -0.15) is 0 Å². The highest BCUT2D eigenvalue weighted by Crippen LogP contribution is 2.30. The van der Waals surface area contributed by atoms with Crippen molar-refractivity contribution in [2.75, 3.05) is 13.1 Å². The van der Waals surface area contributed by atoms with Crippen LogP contribution in [-0.2, 0) is 0 Å². The molecule has 19 heavy (non-hydrogen) atoms. The van der Waals surface area contributed by atoms with E-state index in [0.717, 1.165) is 43.8 Å². The van der Waals surface area contributed by atoms with Crippen molar-refractivity contribution in [1.29, 1.82) is 0 Å². The van der Waals surface area contributed by atoms with Crippen molar-refractivity contribution in [2.24, 2.45) is 5.73 Å². The smallest absolute Gasteiger partial charge is 0.0577 e. The van der Waals surface area contributed by atoms with Crippen LogP contribution in [0.5, 0.6) is 0 Å². The predicted molar refractivity (Wildman–Crippen MR) is 81.0 cm³/mol. The molecule has 0 aliphatic carbocycles. The highest BCUT2D eigenvalue weighted by Gasteiger charge is 2.26. The lowest BCUT2D eigenvalue weighted by Gasteiger charge is -2.37. The Labute approximate surface area is 120 Å².